The molecule has 8 aromatic rings. The smallest absolute Gasteiger partial charge is 0.206 e. The van der Waals surface area contributed by atoms with Crippen molar-refractivity contribution in [1.29, 1.82) is 0 Å². The third-order valence-electron chi connectivity index (χ3n) is 5.57. The third-order valence-corrected chi connectivity index (χ3v) is 6.06. The van der Waals surface area contributed by atoms with Gasteiger partial charge < -0.3 is 5.73 Å². The Bertz CT molecular complexity index is 1870. The first-order valence-electron chi connectivity index (χ1n) is 10.0. The van der Waals surface area contributed by atoms with Crippen LogP contribution in [-0.4, -0.2) is 58.4 Å². The molecule has 0 bridgehead atoms. The second-order valence-electron chi connectivity index (χ2n) is 7.48. The minimum absolute atomic E-state index is 0.667. The summed E-state index contributed by atoms with van der Waals surface area (Å²) in [7, 11) is 0. The summed E-state index contributed by atoms with van der Waals surface area (Å²) in [6.45, 7) is 0. The molecule has 13 nitrogen and oxygen atoms in total. The maximum Gasteiger partial charge on any atom is 0.206 e. The van der Waals surface area contributed by atoms with Gasteiger partial charge in [-0.15, -0.1) is 40.8 Å². The van der Waals surface area contributed by atoms with Crippen LogP contribution in [0.3, 0.4) is 0 Å². The predicted molar refractivity (Wildman–Crippen MR) is 126 cm³/mol. The molecule has 0 aliphatic heterocycles. The average Bonchev–Trinajstić information content (AvgIpc) is 3.64. The molecule has 0 saturated carbocycles. The van der Waals surface area contributed by atoms with Gasteiger partial charge in [0.15, 0.2) is 0 Å². The van der Waals surface area contributed by atoms with Gasteiger partial charge in [0.1, 0.15) is 25.3 Å². The van der Waals surface area contributed by atoms with E-state index in [1.165, 1.54) is 0 Å². The topological polar surface area (TPSA) is 147 Å². The van der Waals surface area contributed by atoms with Crippen molar-refractivity contribution < 1.29 is 0 Å². The lowest BCUT2D eigenvalue weighted by atomic mass is 10.2. The van der Waals surface area contributed by atoms with E-state index in [9.17, 15) is 0 Å². The van der Waals surface area contributed by atoms with Gasteiger partial charge in [0.2, 0.25) is 22.6 Å². The normalized spacial score (nSPS) is 11.8. The van der Waals surface area contributed by atoms with Crippen LogP contribution in [0.4, 0.5) is 5.69 Å². The average molecular weight is 514 g/mol. The molecule has 6 heterocycles. The van der Waals surface area contributed by atoms with E-state index >= 15 is 0 Å². The summed E-state index contributed by atoms with van der Waals surface area (Å²) in [5, 5.41) is 31.9. The fraction of sp³-hybridized carbons (Fsp3) is 0. The summed E-state index contributed by atoms with van der Waals surface area (Å²) in [5.41, 5.74) is 13.2. The molecule has 0 atom stereocenters. The Kier molecular flexibility index (Phi) is 3.81. The lowest BCUT2D eigenvalue weighted by molar-refractivity contribution is 1.10. The summed E-state index contributed by atoms with van der Waals surface area (Å²) in [5.74, 6) is 0. The molecule has 0 unspecified atom stereocenters. The van der Waals surface area contributed by atoms with Crippen LogP contribution in [-0.2, 0) is 0 Å². The predicted octanol–water partition coefficient (Wildman–Crippen LogP) is 2.20. The molecule has 0 saturated heterocycles. The van der Waals surface area contributed by atoms with E-state index < -0.39 is 0 Å². The zero-order valence-corrected chi connectivity index (χ0v) is 18.7. The van der Waals surface area contributed by atoms with E-state index in [1.54, 1.807) is 25.3 Å². The van der Waals surface area contributed by atoms with Gasteiger partial charge in [0.25, 0.3) is 0 Å². The maximum absolute atomic E-state index is 5.81. The minimum atomic E-state index is 0.667. The van der Waals surface area contributed by atoms with Gasteiger partial charge in [-0.05, 0) is 36.4 Å². The van der Waals surface area contributed by atoms with Crippen molar-refractivity contribution >= 4 is 66.3 Å². The zero-order valence-electron chi connectivity index (χ0n) is 17.1. The number of anilines is 1. The van der Waals surface area contributed by atoms with Crippen LogP contribution >= 0.6 is 15.9 Å². The van der Waals surface area contributed by atoms with Gasteiger partial charge >= 0.3 is 0 Å². The number of nitrogens with zero attached hydrogens (tertiary/aromatic N) is 12. The van der Waals surface area contributed by atoms with E-state index in [0.717, 1.165) is 26.5 Å². The Balaban J connectivity index is 0.000000118. The van der Waals surface area contributed by atoms with Gasteiger partial charge in [-0.25, -0.2) is 0 Å². The third kappa shape index (κ3) is 2.59. The monoisotopic (exact) mass is 513 g/mol. The second kappa shape index (κ2) is 6.89. The lowest BCUT2D eigenvalue weighted by Crippen LogP contribution is -1.97. The standard InChI is InChI=1S/C10H5BrN6.C10H7N7/c2*11-6-1-2-7-8(3-6)17-5-13-15-10(17)9-14-12-4-16(7)9/h1-5H;1-5H,11H2. The van der Waals surface area contributed by atoms with Crippen molar-refractivity contribution in [2.75, 3.05) is 5.73 Å². The molecule has 0 radical (unpaired) electrons. The highest BCUT2D eigenvalue weighted by Gasteiger charge is 2.12. The SMILES string of the molecule is Brc1ccc2c(c1)n1cnnc1c1nncn21.Nc1ccc2c(c1)n1cnnc1c1nncn21. The van der Waals surface area contributed by atoms with E-state index in [1.807, 2.05) is 54.0 Å². The second-order valence-corrected chi connectivity index (χ2v) is 8.40. The molecule has 2 N–H and O–H groups in total. The van der Waals surface area contributed by atoms with Crippen LogP contribution in [0, 0.1) is 0 Å². The van der Waals surface area contributed by atoms with Crippen molar-refractivity contribution in [2.24, 2.45) is 0 Å². The number of aromatic nitrogens is 12. The Morgan fingerprint density at radius 2 is 0.941 bits per heavy atom. The minimum Gasteiger partial charge on any atom is -0.399 e. The highest BCUT2D eigenvalue weighted by Crippen LogP contribution is 2.23. The Labute approximate surface area is 196 Å². The largest absolute Gasteiger partial charge is 0.399 e. The molecule has 14 heteroatoms. The van der Waals surface area contributed by atoms with Gasteiger partial charge in [-0.2, -0.15) is 0 Å². The number of nitrogen functional groups attached to an aromatic ring is 1. The first kappa shape index (κ1) is 18.8. The molecule has 0 aliphatic carbocycles. The van der Waals surface area contributed by atoms with Crippen molar-refractivity contribution in [3.8, 4) is 0 Å². The van der Waals surface area contributed by atoms with Crippen LogP contribution in [0.5, 0.6) is 0 Å². The molecule has 2 aromatic carbocycles. The first-order valence-corrected chi connectivity index (χ1v) is 10.8. The Morgan fingerprint density at radius 1 is 0.529 bits per heavy atom. The molecule has 0 amide bonds. The molecule has 164 valence electrons. The fourth-order valence-electron chi connectivity index (χ4n) is 4.09. The Morgan fingerprint density at radius 3 is 1.44 bits per heavy atom. The highest BCUT2D eigenvalue weighted by molar-refractivity contribution is 9.10. The first-order chi connectivity index (χ1) is 16.7. The summed E-state index contributed by atoms with van der Waals surface area (Å²) in [6.07, 6.45) is 6.66. The van der Waals surface area contributed by atoms with Crippen LogP contribution in [0.2, 0.25) is 0 Å². The van der Waals surface area contributed by atoms with E-state index in [-0.39, 0.29) is 0 Å². The van der Waals surface area contributed by atoms with E-state index in [4.69, 9.17) is 5.73 Å². The van der Waals surface area contributed by atoms with Crippen molar-refractivity contribution in [3.05, 3.63) is 66.2 Å². The van der Waals surface area contributed by atoms with Crippen LogP contribution in [0.25, 0.3) is 44.7 Å². The number of nitrogens with two attached hydrogens (primary N) is 1. The zero-order chi connectivity index (χ0) is 22.8. The van der Waals surface area contributed by atoms with Gasteiger partial charge in [-0.3, -0.25) is 17.6 Å². The quantitative estimate of drug-likeness (QED) is 0.301. The lowest BCUT2D eigenvalue weighted by Gasteiger charge is -2.05. The van der Waals surface area contributed by atoms with Gasteiger partial charge in [-0.1, -0.05) is 15.9 Å². The summed E-state index contributed by atoms with van der Waals surface area (Å²) < 4.78 is 8.55. The van der Waals surface area contributed by atoms with Crippen molar-refractivity contribution in [1.82, 2.24) is 58.4 Å². The molecule has 6 aromatic heterocycles. The number of benzene rings is 2. The molecule has 0 spiro atoms. The van der Waals surface area contributed by atoms with Crippen LogP contribution in [0.1, 0.15) is 0 Å². The molecule has 0 aliphatic rings. The number of halogens is 1. The van der Waals surface area contributed by atoms with Crippen molar-refractivity contribution in [2.45, 2.75) is 0 Å². The Hall–Kier alpha value is -4.72. The van der Waals surface area contributed by atoms with Gasteiger partial charge in [0.05, 0.1) is 22.1 Å². The molecular weight excluding hydrogens is 502 g/mol. The number of hydrogen-bond acceptors (Lipinski definition) is 9. The summed E-state index contributed by atoms with van der Waals surface area (Å²) >= 11 is 3.47. The number of fused-ring (bicyclic) bond motifs is 12. The fourth-order valence-corrected chi connectivity index (χ4v) is 4.43. The van der Waals surface area contributed by atoms with Crippen molar-refractivity contribution in [3.63, 3.8) is 0 Å². The number of hydrogen-bond donors (Lipinski definition) is 1. The molecular formula is C20H12BrN13. The van der Waals surface area contributed by atoms with Crippen LogP contribution < -0.4 is 5.73 Å². The maximum atomic E-state index is 5.81. The number of rotatable bonds is 0. The summed E-state index contributed by atoms with van der Waals surface area (Å²) in [6, 6.07) is 11.7. The summed E-state index contributed by atoms with van der Waals surface area (Å²) in [4.78, 5) is 0. The molecule has 0 fully saturated rings. The van der Waals surface area contributed by atoms with E-state index in [0.29, 0.717) is 28.3 Å². The van der Waals surface area contributed by atoms with Gasteiger partial charge in [0, 0.05) is 10.2 Å². The highest BCUT2D eigenvalue weighted by atomic mass is 79.9. The molecule has 8 rings (SSSR count). The molecule has 34 heavy (non-hydrogen) atoms. The van der Waals surface area contributed by atoms with Crippen LogP contribution in [0.15, 0.2) is 66.2 Å². The van der Waals surface area contributed by atoms with E-state index in [2.05, 4.69) is 56.7 Å².